The van der Waals surface area contributed by atoms with Crippen molar-refractivity contribution in [2.45, 2.75) is 32.7 Å². The number of likely N-dealkylation sites (tertiary alicyclic amines) is 1. The summed E-state index contributed by atoms with van der Waals surface area (Å²) in [6, 6.07) is 4.99. The quantitative estimate of drug-likeness (QED) is 0.651. The van der Waals surface area contributed by atoms with Gasteiger partial charge >= 0.3 is 0 Å². The lowest BCUT2D eigenvalue weighted by Crippen LogP contribution is -2.38. The molecule has 1 fully saturated rings. The fourth-order valence-corrected chi connectivity index (χ4v) is 4.21. The first kappa shape index (κ1) is 17.8. The molecule has 1 aliphatic heterocycles. The van der Waals surface area contributed by atoms with Crippen molar-refractivity contribution in [3.8, 4) is 0 Å². The molecular formula is C15H23N3O4S. The number of benzene rings is 1. The van der Waals surface area contributed by atoms with Crippen molar-refractivity contribution in [2.75, 3.05) is 18.8 Å². The molecule has 23 heavy (non-hydrogen) atoms. The Morgan fingerprint density at radius 2 is 2.00 bits per heavy atom. The predicted octanol–water partition coefficient (Wildman–Crippen LogP) is 1.96. The Hall–Kier alpha value is -1.51. The number of rotatable bonds is 5. The third-order valence-corrected chi connectivity index (χ3v) is 5.52. The lowest BCUT2D eigenvalue weighted by molar-refractivity contribution is -0.385. The van der Waals surface area contributed by atoms with Gasteiger partial charge in [-0.05, 0) is 56.8 Å². The Labute approximate surface area is 136 Å². The molecule has 0 unspecified atom stereocenters. The van der Waals surface area contributed by atoms with Crippen LogP contribution in [0.4, 0.5) is 5.69 Å². The average Bonchev–Trinajstić information content (AvgIpc) is 2.46. The normalized spacial score (nSPS) is 18.7. The van der Waals surface area contributed by atoms with Gasteiger partial charge < -0.3 is 0 Å². The van der Waals surface area contributed by atoms with Crippen molar-refractivity contribution < 1.29 is 13.3 Å². The topological polar surface area (TPSA) is 107 Å². The molecule has 0 aliphatic carbocycles. The molecule has 1 aromatic rings. The van der Waals surface area contributed by atoms with Crippen LogP contribution in [0.2, 0.25) is 0 Å². The molecule has 0 saturated carbocycles. The molecule has 1 aliphatic rings. The summed E-state index contributed by atoms with van der Waals surface area (Å²) in [5.41, 5.74) is 2.07. The molecule has 2 N–H and O–H groups in total. The van der Waals surface area contributed by atoms with Crippen molar-refractivity contribution in [3.63, 3.8) is 0 Å². The highest BCUT2D eigenvalue weighted by Crippen LogP contribution is 2.30. The summed E-state index contributed by atoms with van der Waals surface area (Å²) in [5, 5.41) is 16.1. The van der Waals surface area contributed by atoms with Crippen LogP contribution in [0, 0.1) is 23.0 Å². The molecule has 1 aromatic carbocycles. The van der Waals surface area contributed by atoms with E-state index in [9.17, 15) is 18.5 Å². The van der Waals surface area contributed by atoms with E-state index in [1.54, 1.807) is 12.1 Å². The number of hydrogen-bond acceptors (Lipinski definition) is 5. The lowest BCUT2D eigenvalue weighted by atomic mass is 9.94. The molecule has 2 rings (SSSR count). The molecule has 128 valence electrons. The minimum Gasteiger partial charge on any atom is -0.297 e. The summed E-state index contributed by atoms with van der Waals surface area (Å²) in [6.45, 7) is 5.52. The molecule has 0 aromatic heterocycles. The van der Waals surface area contributed by atoms with E-state index in [-0.39, 0.29) is 28.3 Å². The Balaban J connectivity index is 2.06. The van der Waals surface area contributed by atoms with Crippen molar-refractivity contribution in [3.05, 3.63) is 39.4 Å². The van der Waals surface area contributed by atoms with Crippen LogP contribution in [-0.4, -0.2) is 37.1 Å². The van der Waals surface area contributed by atoms with Crippen LogP contribution >= 0.6 is 0 Å². The Morgan fingerprint density at radius 3 is 2.52 bits per heavy atom. The fraction of sp³-hybridized carbons (Fsp3) is 0.600. The smallest absolute Gasteiger partial charge is 0.269 e. The van der Waals surface area contributed by atoms with Gasteiger partial charge in [-0.2, -0.15) is 0 Å². The van der Waals surface area contributed by atoms with Gasteiger partial charge in [-0.25, -0.2) is 13.6 Å². The number of nitrogens with two attached hydrogens (primary N) is 1. The first-order valence-corrected chi connectivity index (χ1v) is 9.38. The maximum Gasteiger partial charge on any atom is 0.269 e. The van der Waals surface area contributed by atoms with Gasteiger partial charge in [0.1, 0.15) is 0 Å². The summed E-state index contributed by atoms with van der Waals surface area (Å²) < 4.78 is 22.4. The maximum atomic E-state index is 11.2. The van der Waals surface area contributed by atoms with Gasteiger partial charge in [-0.15, -0.1) is 0 Å². The largest absolute Gasteiger partial charge is 0.297 e. The first-order valence-electron chi connectivity index (χ1n) is 7.67. The number of nitrogens with zero attached hydrogens (tertiary/aromatic N) is 2. The molecule has 0 amide bonds. The van der Waals surface area contributed by atoms with E-state index in [2.05, 4.69) is 4.90 Å². The third-order valence-electron chi connectivity index (χ3n) is 4.59. The number of sulfonamides is 1. The highest BCUT2D eigenvalue weighted by molar-refractivity contribution is 7.89. The molecule has 8 heteroatoms. The van der Waals surface area contributed by atoms with E-state index < -0.39 is 10.0 Å². The van der Waals surface area contributed by atoms with Crippen LogP contribution < -0.4 is 5.14 Å². The number of non-ortho nitro benzene ring substituents is 1. The number of aryl methyl sites for hydroxylation is 1. The van der Waals surface area contributed by atoms with Crippen LogP contribution in [0.1, 0.15) is 36.9 Å². The summed E-state index contributed by atoms with van der Waals surface area (Å²) >= 11 is 0. The number of hydrogen-bond donors (Lipinski definition) is 1. The second-order valence-electron chi connectivity index (χ2n) is 6.28. The van der Waals surface area contributed by atoms with Gasteiger partial charge in [0.25, 0.3) is 5.69 Å². The summed E-state index contributed by atoms with van der Waals surface area (Å²) in [5.74, 6) is 0.130. The molecule has 0 radical (unpaired) electrons. The first-order chi connectivity index (χ1) is 10.7. The lowest BCUT2D eigenvalue weighted by Gasteiger charge is -2.36. The second kappa shape index (κ2) is 6.94. The predicted molar refractivity (Wildman–Crippen MR) is 88.5 cm³/mol. The Bertz CT molecular complexity index is 682. The summed E-state index contributed by atoms with van der Waals surface area (Å²) in [4.78, 5) is 12.8. The zero-order valence-electron chi connectivity index (χ0n) is 13.4. The minimum atomic E-state index is -3.43. The minimum absolute atomic E-state index is 0.0328. The number of primary sulfonamides is 1. The fourth-order valence-electron chi connectivity index (χ4n) is 3.22. The van der Waals surface area contributed by atoms with Gasteiger partial charge in [-0.1, -0.05) is 6.07 Å². The number of nitro groups is 1. The number of nitro benzene ring substituents is 1. The van der Waals surface area contributed by atoms with Crippen molar-refractivity contribution in [2.24, 2.45) is 11.1 Å². The van der Waals surface area contributed by atoms with E-state index in [0.29, 0.717) is 0 Å². The van der Waals surface area contributed by atoms with Crippen LogP contribution in [0.5, 0.6) is 0 Å². The summed E-state index contributed by atoms with van der Waals surface area (Å²) in [7, 11) is -3.43. The Morgan fingerprint density at radius 1 is 1.39 bits per heavy atom. The highest BCUT2D eigenvalue weighted by atomic mass is 32.2. The third kappa shape index (κ3) is 4.73. The van der Waals surface area contributed by atoms with Crippen molar-refractivity contribution in [1.82, 2.24) is 4.90 Å². The van der Waals surface area contributed by atoms with Crippen molar-refractivity contribution >= 4 is 15.7 Å². The van der Waals surface area contributed by atoms with E-state index in [1.165, 1.54) is 6.07 Å². The summed E-state index contributed by atoms with van der Waals surface area (Å²) in [6.07, 6.45) is 1.55. The molecular weight excluding hydrogens is 318 g/mol. The zero-order valence-corrected chi connectivity index (χ0v) is 14.3. The molecule has 1 heterocycles. The molecule has 1 saturated heterocycles. The molecule has 7 nitrogen and oxygen atoms in total. The van der Waals surface area contributed by atoms with Crippen LogP contribution in [0.15, 0.2) is 18.2 Å². The Kier molecular flexibility index (Phi) is 5.38. The van der Waals surface area contributed by atoms with E-state index >= 15 is 0 Å². The van der Waals surface area contributed by atoms with Crippen LogP contribution in [0.25, 0.3) is 0 Å². The van der Waals surface area contributed by atoms with Gasteiger partial charge in [-0.3, -0.25) is 15.0 Å². The molecule has 0 spiro atoms. The number of piperidine rings is 1. The van der Waals surface area contributed by atoms with Gasteiger partial charge in [0, 0.05) is 18.2 Å². The van der Waals surface area contributed by atoms with Crippen LogP contribution in [-0.2, 0) is 10.0 Å². The van der Waals surface area contributed by atoms with E-state index in [4.69, 9.17) is 5.14 Å². The molecule has 0 bridgehead atoms. The zero-order chi connectivity index (χ0) is 17.2. The highest BCUT2D eigenvalue weighted by Gasteiger charge is 2.27. The van der Waals surface area contributed by atoms with Crippen LogP contribution in [0.3, 0.4) is 0 Å². The van der Waals surface area contributed by atoms with E-state index in [0.717, 1.165) is 37.1 Å². The standard InChI is InChI=1S/C15H23N3O4S/c1-11-3-4-14(18(19)20)9-15(11)12(2)17-7-5-13(6-8-17)10-23(16,21)22/h3-4,9,12-13H,5-8,10H2,1-2H3,(H2,16,21,22)/t12-/m1/s1. The SMILES string of the molecule is Cc1ccc([N+](=O)[O-])cc1[C@@H](C)N1CCC(CS(N)(=O)=O)CC1. The van der Waals surface area contributed by atoms with Gasteiger partial charge in [0.2, 0.25) is 10.0 Å². The second-order valence-corrected chi connectivity index (χ2v) is 7.94. The van der Waals surface area contributed by atoms with Crippen molar-refractivity contribution in [1.29, 1.82) is 0 Å². The average molecular weight is 341 g/mol. The van der Waals surface area contributed by atoms with Gasteiger partial charge in [0.15, 0.2) is 0 Å². The van der Waals surface area contributed by atoms with Gasteiger partial charge in [0.05, 0.1) is 10.7 Å². The van der Waals surface area contributed by atoms with E-state index in [1.807, 2.05) is 13.8 Å². The maximum absolute atomic E-state index is 11.2. The molecule has 1 atom stereocenters. The monoisotopic (exact) mass is 341 g/mol.